The summed E-state index contributed by atoms with van der Waals surface area (Å²) in [7, 11) is 1.35. The van der Waals surface area contributed by atoms with E-state index in [1.807, 2.05) is 0 Å². The molecule has 1 unspecified atom stereocenters. The van der Waals surface area contributed by atoms with E-state index in [-0.39, 0.29) is 5.97 Å². The molecule has 1 aliphatic heterocycles. The zero-order valence-corrected chi connectivity index (χ0v) is 8.54. The third kappa shape index (κ3) is 3.73. The molecule has 0 N–H and O–H groups in total. The van der Waals surface area contributed by atoms with Gasteiger partial charge in [-0.2, -0.15) is 4.21 Å². The number of oxime groups is 1. The summed E-state index contributed by atoms with van der Waals surface area (Å²) in [5.74, 6) is 0.0762. The van der Waals surface area contributed by atoms with Crippen molar-refractivity contribution in [3.05, 3.63) is 0 Å². The summed E-state index contributed by atoms with van der Waals surface area (Å²) in [5.41, 5.74) is 0. The minimum absolute atomic E-state index is 0.237. The van der Waals surface area contributed by atoms with Crippen LogP contribution in [0.25, 0.3) is 0 Å². The minimum atomic E-state index is -1.76. The Kier molecular flexibility index (Phi) is 4.37. The summed E-state index contributed by atoms with van der Waals surface area (Å²) in [6.45, 7) is 0. The molecule has 7 heteroatoms. The van der Waals surface area contributed by atoms with Gasteiger partial charge in [-0.15, -0.1) is 0 Å². The molecule has 0 aromatic heterocycles. The van der Waals surface area contributed by atoms with Crippen molar-refractivity contribution in [2.24, 2.45) is 5.16 Å². The van der Waals surface area contributed by atoms with Gasteiger partial charge in [0, 0.05) is 12.8 Å². The maximum absolute atomic E-state index is 10.7. The van der Waals surface area contributed by atoms with Crippen LogP contribution in [-0.4, -0.2) is 23.2 Å². The largest absolute Gasteiger partial charge is 0.469 e. The Morgan fingerprint density at radius 2 is 2.36 bits per heavy atom. The molecule has 0 spiro atoms. The van der Waals surface area contributed by atoms with Crippen molar-refractivity contribution in [1.29, 1.82) is 0 Å². The fourth-order valence-electron chi connectivity index (χ4n) is 0.916. The molecule has 0 saturated carbocycles. The maximum atomic E-state index is 10.7. The summed E-state index contributed by atoms with van der Waals surface area (Å²) < 4.78 is 24.0. The van der Waals surface area contributed by atoms with Gasteiger partial charge in [0.15, 0.2) is 0 Å². The van der Waals surface area contributed by atoms with E-state index in [1.54, 1.807) is 0 Å². The van der Waals surface area contributed by atoms with Crippen molar-refractivity contribution in [3.8, 4) is 0 Å². The Labute approximate surface area is 84.1 Å². The lowest BCUT2D eigenvalue weighted by molar-refractivity contribution is -0.140. The van der Waals surface area contributed by atoms with E-state index in [0.29, 0.717) is 31.6 Å². The quantitative estimate of drug-likeness (QED) is 0.503. The molecular weight excluding hydrogens is 210 g/mol. The highest BCUT2D eigenvalue weighted by atomic mass is 32.2. The topological polar surface area (TPSA) is 74.2 Å². The van der Waals surface area contributed by atoms with Crippen molar-refractivity contribution < 1.29 is 22.2 Å². The lowest BCUT2D eigenvalue weighted by Crippen LogP contribution is -2.02. The molecule has 0 aromatic carbocycles. The SMILES string of the molecule is COC(=O)CCCCC1=NOS(=O)O1. The predicted molar refractivity (Wildman–Crippen MR) is 48.2 cm³/mol. The average Bonchev–Trinajstić information content (AvgIpc) is 2.58. The van der Waals surface area contributed by atoms with Gasteiger partial charge in [0.1, 0.15) is 0 Å². The van der Waals surface area contributed by atoms with Gasteiger partial charge in [0.25, 0.3) is 0 Å². The Morgan fingerprint density at radius 1 is 1.57 bits per heavy atom. The van der Waals surface area contributed by atoms with Crippen LogP contribution < -0.4 is 0 Å². The Balaban J connectivity index is 2.05. The number of carbonyl (C=O) groups is 1. The molecular formula is C7H11NO5S. The third-order valence-electron chi connectivity index (χ3n) is 1.61. The number of unbranched alkanes of at least 4 members (excludes halogenated alkanes) is 1. The van der Waals surface area contributed by atoms with E-state index in [0.717, 1.165) is 0 Å². The number of methoxy groups -OCH3 is 1. The molecule has 0 aromatic rings. The maximum Gasteiger partial charge on any atom is 0.440 e. The molecule has 1 atom stereocenters. The van der Waals surface area contributed by atoms with Crippen LogP contribution in [0.15, 0.2) is 5.16 Å². The molecule has 1 heterocycles. The van der Waals surface area contributed by atoms with Crippen molar-refractivity contribution >= 4 is 23.2 Å². The number of carbonyl (C=O) groups excluding carboxylic acids is 1. The Morgan fingerprint density at radius 3 is 2.93 bits per heavy atom. The van der Waals surface area contributed by atoms with Crippen LogP contribution in [0.2, 0.25) is 0 Å². The van der Waals surface area contributed by atoms with E-state index < -0.39 is 11.4 Å². The molecule has 1 aliphatic rings. The van der Waals surface area contributed by atoms with Crippen molar-refractivity contribution in [1.82, 2.24) is 0 Å². The smallest absolute Gasteiger partial charge is 0.440 e. The first kappa shape index (κ1) is 11.0. The van der Waals surface area contributed by atoms with Gasteiger partial charge in [-0.1, -0.05) is 0 Å². The third-order valence-corrected chi connectivity index (χ3v) is 2.14. The normalized spacial score (nSPS) is 19.5. The van der Waals surface area contributed by atoms with Gasteiger partial charge < -0.3 is 8.92 Å². The first-order chi connectivity index (χ1) is 6.72. The lowest BCUT2D eigenvalue weighted by atomic mass is 10.2. The van der Waals surface area contributed by atoms with Gasteiger partial charge in [-0.25, -0.2) is 0 Å². The zero-order chi connectivity index (χ0) is 10.4. The van der Waals surface area contributed by atoms with Crippen molar-refractivity contribution in [2.45, 2.75) is 25.7 Å². The van der Waals surface area contributed by atoms with Crippen LogP contribution in [0.5, 0.6) is 0 Å². The van der Waals surface area contributed by atoms with E-state index >= 15 is 0 Å². The standard InChI is InChI=1S/C7H11NO5S/c1-11-7(9)5-3-2-4-6-8-13-14(10)12-6/h2-5H2,1H3. The second kappa shape index (κ2) is 5.58. The zero-order valence-electron chi connectivity index (χ0n) is 7.73. The van der Waals surface area contributed by atoms with Gasteiger partial charge in [-0.3, -0.25) is 9.08 Å². The molecule has 14 heavy (non-hydrogen) atoms. The highest BCUT2D eigenvalue weighted by Gasteiger charge is 2.16. The Hall–Kier alpha value is -1.11. The van der Waals surface area contributed by atoms with Gasteiger partial charge in [-0.05, 0) is 18.0 Å². The van der Waals surface area contributed by atoms with Crippen LogP contribution in [0.4, 0.5) is 0 Å². The number of ether oxygens (including phenoxy) is 1. The molecule has 0 saturated heterocycles. The number of hydrogen-bond donors (Lipinski definition) is 0. The molecule has 0 fully saturated rings. The fraction of sp³-hybridized carbons (Fsp3) is 0.714. The highest BCUT2D eigenvalue weighted by Crippen LogP contribution is 2.10. The minimum Gasteiger partial charge on any atom is -0.469 e. The van der Waals surface area contributed by atoms with Gasteiger partial charge in [0.2, 0.25) is 5.90 Å². The number of rotatable bonds is 5. The van der Waals surface area contributed by atoms with E-state index in [9.17, 15) is 9.00 Å². The predicted octanol–water partition coefficient (Wildman–Crippen LogP) is 0.659. The second-order valence-electron chi connectivity index (χ2n) is 2.63. The van der Waals surface area contributed by atoms with Crippen molar-refractivity contribution in [3.63, 3.8) is 0 Å². The van der Waals surface area contributed by atoms with Crippen LogP contribution in [-0.2, 0) is 29.4 Å². The lowest BCUT2D eigenvalue weighted by Gasteiger charge is -1.98. The monoisotopic (exact) mass is 221 g/mol. The molecule has 0 amide bonds. The summed E-state index contributed by atoms with van der Waals surface area (Å²) in [6.07, 6.45) is 2.28. The molecule has 0 aliphatic carbocycles. The summed E-state index contributed by atoms with van der Waals surface area (Å²) in [4.78, 5) is 10.7. The highest BCUT2D eigenvalue weighted by molar-refractivity contribution is 7.75. The van der Waals surface area contributed by atoms with E-state index in [2.05, 4.69) is 18.4 Å². The molecule has 80 valence electrons. The van der Waals surface area contributed by atoms with Gasteiger partial charge in [0.05, 0.1) is 7.11 Å². The molecule has 1 rings (SSSR count). The molecule has 0 bridgehead atoms. The molecule has 6 nitrogen and oxygen atoms in total. The van der Waals surface area contributed by atoms with E-state index in [1.165, 1.54) is 7.11 Å². The van der Waals surface area contributed by atoms with Crippen molar-refractivity contribution in [2.75, 3.05) is 7.11 Å². The first-order valence-corrected chi connectivity index (χ1v) is 5.13. The average molecular weight is 221 g/mol. The van der Waals surface area contributed by atoms with E-state index in [4.69, 9.17) is 0 Å². The van der Waals surface area contributed by atoms with Gasteiger partial charge >= 0.3 is 17.3 Å². The molecule has 0 radical (unpaired) electrons. The van der Waals surface area contributed by atoms with Crippen LogP contribution in [0.3, 0.4) is 0 Å². The summed E-state index contributed by atoms with van der Waals surface area (Å²) in [5, 5.41) is 3.43. The second-order valence-corrected chi connectivity index (χ2v) is 3.35. The summed E-state index contributed by atoms with van der Waals surface area (Å²) in [6, 6.07) is 0. The first-order valence-electron chi connectivity index (χ1n) is 4.13. The number of hydrogen-bond acceptors (Lipinski definition) is 6. The number of nitrogens with zero attached hydrogens (tertiary/aromatic N) is 1. The van der Waals surface area contributed by atoms with Crippen LogP contribution in [0.1, 0.15) is 25.7 Å². The Bertz CT molecular complexity index is 265. The summed E-state index contributed by atoms with van der Waals surface area (Å²) >= 11 is -1.76. The van der Waals surface area contributed by atoms with Crippen LogP contribution in [0, 0.1) is 0 Å². The fourth-order valence-corrected chi connectivity index (χ4v) is 1.36. The van der Waals surface area contributed by atoms with Crippen LogP contribution >= 0.6 is 0 Å². The number of esters is 1.